The van der Waals surface area contributed by atoms with Gasteiger partial charge in [-0.05, 0) is 55.8 Å². The van der Waals surface area contributed by atoms with Gasteiger partial charge in [0.25, 0.3) is 0 Å². The molecule has 0 bridgehead atoms. The third-order valence-corrected chi connectivity index (χ3v) is 4.99. The molecule has 2 N–H and O–H groups in total. The van der Waals surface area contributed by atoms with Gasteiger partial charge >= 0.3 is 0 Å². The number of nitrogens with zero attached hydrogens (tertiary/aromatic N) is 1. The fourth-order valence-corrected chi connectivity index (χ4v) is 4.06. The van der Waals surface area contributed by atoms with Crippen molar-refractivity contribution in [3.05, 3.63) is 35.4 Å². The summed E-state index contributed by atoms with van der Waals surface area (Å²) in [7, 11) is 0. The summed E-state index contributed by atoms with van der Waals surface area (Å²) in [5.74, 6) is -0.800. The average molecular weight is 280 g/mol. The predicted octanol–water partition coefficient (Wildman–Crippen LogP) is 3.23. The van der Waals surface area contributed by atoms with Crippen LogP contribution in [0.1, 0.15) is 43.7 Å². The Morgan fingerprint density at radius 1 is 1.15 bits per heavy atom. The van der Waals surface area contributed by atoms with E-state index in [2.05, 4.69) is 4.90 Å². The third kappa shape index (κ3) is 2.47. The minimum absolute atomic E-state index is 0.0102. The summed E-state index contributed by atoms with van der Waals surface area (Å²) in [4.78, 5) is 2.44. The average Bonchev–Trinajstić information content (AvgIpc) is 2.93. The van der Waals surface area contributed by atoms with Crippen LogP contribution >= 0.6 is 0 Å². The highest BCUT2D eigenvalue weighted by Crippen LogP contribution is 2.40. The maximum Gasteiger partial charge on any atom is 0.159 e. The first-order valence-corrected chi connectivity index (χ1v) is 7.61. The van der Waals surface area contributed by atoms with Crippen molar-refractivity contribution >= 4 is 0 Å². The summed E-state index contributed by atoms with van der Waals surface area (Å²) in [5, 5.41) is 0. The number of hydrogen-bond acceptors (Lipinski definition) is 2. The molecule has 2 nitrogen and oxygen atoms in total. The molecule has 110 valence electrons. The van der Waals surface area contributed by atoms with Crippen molar-refractivity contribution in [1.29, 1.82) is 0 Å². The van der Waals surface area contributed by atoms with E-state index in [0.29, 0.717) is 12.6 Å². The first-order chi connectivity index (χ1) is 9.70. The molecule has 1 saturated heterocycles. The van der Waals surface area contributed by atoms with Crippen LogP contribution in [0.25, 0.3) is 0 Å². The van der Waals surface area contributed by atoms with Crippen LogP contribution in [0.3, 0.4) is 0 Å². The van der Waals surface area contributed by atoms with Gasteiger partial charge in [0.15, 0.2) is 11.6 Å². The van der Waals surface area contributed by atoms with E-state index in [1.165, 1.54) is 44.2 Å². The Labute approximate surface area is 118 Å². The van der Waals surface area contributed by atoms with Gasteiger partial charge in [0.05, 0.1) is 0 Å². The molecule has 2 aliphatic rings. The lowest BCUT2D eigenvalue weighted by atomic mass is 9.89. The standard InChI is InChI=1S/C16H22F2N2/c17-13-7-6-12(9-14(13)18)16(10-19)20-8-2-4-11-3-1-5-15(11)20/h6-7,9,11,15-16H,1-5,8,10,19H2. The van der Waals surface area contributed by atoms with Gasteiger partial charge in [0.1, 0.15) is 0 Å². The number of halogens is 2. The molecule has 1 heterocycles. The summed E-state index contributed by atoms with van der Waals surface area (Å²) < 4.78 is 26.6. The lowest BCUT2D eigenvalue weighted by Crippen LogP contribution is -2.46. The number of benzene rings is 1. The maximum atomic E-state index is 13.5. The number of hydrogen-bond donors (Lipinski definition) is 1. The zero-order chi connectivity index (χ0) is 14.1. The van der Waals surface area contributed by atoms with Gasteiger partial charge in [-0.1, -0.05) is 12.5 Å². The van der Waals surface area contributed by atoms with Gasteiger partial charge in [-0.25, -0.2) is 8.78 Å². The minimum atomic E-state index is -0.790. The number of rotatable bonds is 3. The van der Waals surface area contributed by atoms with E-state index in [1.807, 2.05) is 0 Å². The normalized spacial score (nSPS) is 28.4. The SMILES string of the molecule is NCC(c1ccc(F)c(F)c1)N1CCCC2CCCC21. The fourth-order valence-electron chi connectivity index (χ4n) is 4.06. The molecule has 1 aliphatic heterocycles. The molecule has 0 radical (unpaired) electrons. The maximum absolute atomic E-state index is 13.5. The highest BCUT2D eigenvalue weighted by molar-refractivity contribution is 5.22. The van der Waals surface area contributed by atoms with Crippen LogP contribution in [-0.2, 0) is 0 Å². The predicted molar refractivity (Wildman–Crippen MR) is 75.2 cm³/mol. The molecule has 0 amide bonds. The van der Waals surface area contributed by atoms with Crippen molar-refractivity contribution in [2.24, 2.45) is 11.7 Å². The summed E-state index contributed by atoms with van der Waals surface area (Å²) >= 11 is 0. The zero-order valence-corrected chi connectivity index (χ0v) is 11.7. The van der Waals surface area contributed by atoms with Crippen molar-refractivity contribution in [2.45, 2.75) is 44.2 Å². The summed E-state index contributed by atoms with van der Waals surface area (Å²) in [6, 6.07) is 4.78. The van der Waals surface area contributed by atoms with E-state index in [9.17, 15) is 8.78 Å². The van der Waals surface area contributed by atoms with Gasteiger partial charge in [-0.2, -0.15) is 0 Å². The van der Waals surface area contributed by atoms with E-state index in [1.54, 1.807) is 6.07 Å². The summed E-state index contributed by atoms with van der Waals surface area (Å²) in [5.41, 5.74) is 6.75. The Bertz CT molecular complexity index is 478. The smallest absolute Gasteiger partial charge is 0.159 e. The highest BCUT2D eigenvalue weighted by Gasteiger charge is 2.38. The molecule has 4 heteroatoms. The summed E-state index contributed by atoms with van der Waals surface area (Å²) in [6.45, 7) is 1.47. The topological polar surface area (TPSA) is 29.3 Å². The molecule has 1 aliphatic carbocycles. The fraction of sp³-hybridized carbons (Fsp3) is 0.625. The van der Waals surface area contributed by atoms with Crippen LogP contribution in [0.15, 0.2) is 18.2 Å². The van der Waals surface area contributed by atoms with Crippen LogP contribution < -0.4 is 5.73 Å². The van der Waals surface area contributed by atoms with Gasteiger partial charge < -0.3 is 5.73 Å². The Hall–Kier alpha value is -1.00. The lowest BCUT2D eigenvalue weighted by Gasteiger charge is -2.42. The molecular formula is C16H22F2N2. The van der Waals surface area contributed by atoms with Crippen LogP contribution in [0.4, 0.5) is 8.78 Å². The molecule has 3 unspecified atom stereocenters. The number of likely N-dealkylation sites (tertiary alicyclic amines) is 1. The molecule has 1 aromatic rings. The molecule has 0 aromatic heterocycles. The largest absolute Gasteiger partial charge is 0.329 e. The molecule has 1 saturated carbocycles. The van der Waals surface area contributed by atoms with E-state index >= 15 is 0 Å². The van der Waals surface area contributed by atoms with E-state index in [4.69, 9.17) is 5.73 Å². The molecule has 1 aromatic carbocycles. The first kappa shape index (κ1) is 14.0. The minimum Gasteiger partial charge on any atom is -0.329 e. The molecule has 0 spiro atoms. The van der Waals surface area contributed by atoms with E-state index in [-0.39, 0.29) is 6.04 Å². The lowest BCUT2D eigenvalue weighted by molar-refractivity contribution is 0.0699. The van der Waals surface area contributed by atoms with Gasteiger partial charge in [0, 0.05) is 18.6 Å². The Morgan fingerprint density at radius 2 is 1.95 bits per heavy atom. The van der Waals surface area contributed by atoms with Crippen molar-refractivity contribution in [2.75, 3.05) is 13.1 Å². The van der Waals surface area contributed by atoms with Gasteiger partial charge in [0.2, 0.25) is 0 Å². The zero-order valence-electron chi connectivity index (χ0n) is 11.7. The van der Waals surface area contributed by atoms with Crippen molar-refractivity contribution in [3.8, 4) is 0 Å². The van der Waals surface area contributed by atoms with Gasteiger partial charge in [-0.3, -0.25) is 4.90 Å². The second-order valence-electron chi connectivity index (χ2n) is 6.06. The van der Waals surface area contributed by atoms with Crippen molar-refractivity contribution < 1.29 is 8.78 Å². The first-order valence-electron chi connectivity index (χ1n) is 7.61. The molecule has 3 rings (SSSR count). The molecule has 20 heavy (non-hydrogen) atoms. The van der Waals surface area contributed by atoms with Crippen molar-refractivity contribution in [1.82, 2.24) is 4.90 Å². The van der Waals surface area contributed by atoms with Crippen LogP contribution in [0, 0.1) is 17.6 Å². The Balaban J connectivity index is 1.86. The number of nitrogens with two attached hydrogens (primary N) is 1. The van der Waals surface area contributed by atoms with Crippen LogP contribution in [0.5, 0.6) is 0 Å². The molecule has 3 atom stereocenters. The number of piperidine rings is 1. The van der Waals surface area contributed by atoms with E-state index < -0.39 is 11.6 Å². The van der Waals surface area contributed by atoms with Gasteiger partial charge in [-0.15, -0.1) is 0 Å². The monoisotopic (exact) mass is 280 g/mol. The Kier molecular flexibility index (Phi) is 4.03. The summed E-state index contributed by atoms with van der Waals surface area (Å²) in [6.07, 6.45) is 6.28. The van der Waals surface area contributed by atoms with Crippen LogP contribution in [-0.4, -0.2) is 24.0 Å². The van der Waals surface area contributed by atoms with Crippen molar-refractivity contribution in [3.63, 3.8) is 0 Å². The Morgan fingerprint density at radius 3 is 2.70 bits per heavy atom. The molecular weight excluding hydrogens is 258 g/mol. The second-order valence-corrected chi connectivity index (χ2v) is 6.06. The van der Waals surface area contributed by atoms with E-state index in [0.717, 1.165) is 18.0 Å². The molecule has 2 fully saturated rings. The second kappa shape index (κ2) is 5.78. The van der Waals surface area contributed by atoms with Crippen LogP contribution in [0.2, 0.25) is 0 Å². The highest BCUT2D eigenvalue weighted by atomic mass is 19.2. The third-order valence-electron chi connectivity index (χ3n) is 4.99. The quantitative estimate of drug-likeness (QED) is 0.921. The number of fused-ring (bicyclic) bond motifs is 1.